The topological polar surface area (TPSA) is 58.6 Å². The molecule has 0 unspecified atom stereocenters. The highest BCUT2D eigenvalue weighted by molar-refractivity contribution is 9.10. The summed E-state index contributed by atoms with van der Waals surface area (Å²) in [6.45, 7) is 0.283. The van der Waals surface area contributed by atoms with E-state index in [2.05, 4.69) is 21.2 Å². The molecule has 0 aliphatic heterocycles. The van der Waals surface area contributed by atoms with Crippen molar-refractivity contribution in [3.8, 4) is 5.75 Å². The number of nitrogens with one attached hydrogen (secondary N) is 1. The summed E-state index contributed by atoms with van der Waals surface area (Å²) >= 11 is 3.40. The van der Waals surface area contributed by atoms with Crippen molar-refractivity contribution in [2.45, 2.75) is 12.8 Å². The number of aliphatic hydroxyl groups is 1. The molecule has 0 atom stereocenters. The van der Waals surface area contributed by atoms with Crippen LogP contribution in [0, 0.1) is 0 Å². The lowest BCUT2D eigenvalue weighted by molar-refractivity contribution is -0.121. The summed E-state index contributed by atoms with van der Waals surface area (Å²) in [5.41, 5.74) is 1.07. The molecule has 1 aromatic carbocycles. The van der Waals surface area contributed by atoms with Gasteiger partial charge >= 0.3 is 0 Å². The highest BCUT2D eigenvalue weighted by Gasteiger charge is 2.04. The first-order valence-corrected chi connectivity index (χ1v) is 6.16. The molecule has 4 nitrogen and oxygen atoms in total. The number of aryl methyl sites for hydroxylation is 1. The Morgan fingerprint density at radius 2 is 2.29 bits per heavy atom. The average Bonchev–Trinajstić information content (AvgIpc) is 2.34. The van der Waals surface area contributed by atoms with Crippen LogP contribution in [0.2, 0.25) is 0 Å². The molecule has 0 fully saturated rings. The first kappa shape index (κ1) is 14.0. The van der Waals surface area contributed by atoms with Gasteiger partial charge in [0.05, 0.1) is 18.2 Å². The third-order valence-electron chi connectivity index (χ3n) is 2.29. The molecule has 0 aliphatic rings. The quantitative estimate of drug-likeness (QED) is 0.837. The SMILES string of the molecule is COc1ccc(CCC(=O)NCCO)cc1Br. The minimum Gasteiger partial charge on any atom is -0.496 e. The Hall–Kier alpha value is -1.07. The Labute approximate surface area is 109 Å². The number of hydrogen-bond acceptors (Lipinski definition) is 3. The van der Waals surface area contributed by atoms with E-state index in [-0.39, 0.29) is 12.5 Å². The van der Waals surface area contributed by atoms with Crippen LogP contribution in [0.1, 0.15) is 12.0 Å². The van der Waals surface area contributed by atoms with Crippen molar-refractivity contribution in [1.29, 1.82) is 0 Å². The Morgan fingerprint density at radius 1 is 1.53 bits per heavy atom. The molecule has 0 spiro atoms. The van der Waals surface area contributed by atoms with Gasteiger partial charge in [0, 0.05) is 13.0 Å². The van der Waals surface area contributed by atoms with E-state index in [0.717, 1.165) is 15.8 Å². The number of ether oxygens (including phenoxy) is 1. The fourth-order valence-corrected chi connectivity index (χ4v) is 2.00. The zero-order valence-electron chi connectivity index (χ0n) is 9.70. The van der Waals surface area contributed by atoms with E-state index in [1.54, 1.807) is 7.11 Å². The van der Waals surface area contributed by atoms with Crippen LogP contribution < -0.4 is 10.1 Å². The Balaban J connectivity index is 2.47. The standard InChI is InChI=1S/C12H16BrNO3/c1-17-11-4-2-9(8-10(11)13)3-5-12(16)14-6-7-15/h2,4,8,15H,3,5-7H2,1H3,(H,14,16). The highest BCUT2D eigenvalue weighted by Crippen LogP contribution is 2.25. The summed E-state index contributed by atoms with van der Waals surface area (Å²) in [4.78, 5) is 11.3. The Bertz CT molecular complexity index is 382. The zero-order valence-corrected chi connectivity index (χ0v) is 11.3. The molecule has 2 N–H and O–H groups in total. The maximum atomic E-state index is 11.3. The smallest absolute Gasteiger partial charge is 0.220 e. The molecule has 0 aliphatic carbocycles. The van der Waals surface area contributed by atoms with Crippen molar-refractivity contribution < 1.29 is 14.6 Å². The van der Waals surface area contributed by atoms with Crippen molar-refractivity contribution >= 4 is 21.8 Å². The summed E-state index contributed by atoms with van der Waals surface area (Å²) in [7, 11) is 1.61. The van der Waals surface area contributed by atoms with E-state index < -0.39 is 0 Å². The molecule has 94 valence electrons. The van der Waals surface area contributed by atoms with E-state index >= 15 is 0 Å². The molecule has 1 rings (SSSR count). The van der Waals surface area contributed by atoms with E-state index in [0.29, 0.717) is 19.4 Å². The first-order chi connectivity index (χ1) is 8.17. The molecular formula is C12H16BrNO3. The van der Waals surface area contributed by atoms with Gasteiger partial charge in [0.25, 0.3) is 0 Å². The molecule has 5 heteroatoms. The van der Waals surface area contributed by atoms with Gasteiger partial charge < -0.3 is 15.2 Å². The molecule has 0 radical (unpaired) electrons. The van der Waals surface area contributed by atoms with Crippen LogP contribution in [0.4, 0.5) is 0 Å². The summed E-state index contributed by atoms with van der Waals surface area (Å²) in [6, 6.07) is 5.74. The summed E-state index contributed by atoms with van der Waals surface area (Å²) in [6.07, 6.45) is 1.08. The van der Waals surface area contributed by atoms with Gasteiger partial charge in [0.15, 0.2) is 0 Å². The second kappa shape index (κ2) is 7.29. The fraction of sp³-hybridized carbons (Fsp3) is 0.417. The van der Waals surface area contributed by atoms with Gasteiger partial charge in [-0.3, -0.25) is 4.79 Å². The third kappa shape index (κ3) is 4.75. The second-order valence-corrected chi connectivity index (χ2v) is 4.40. The van der Waals surface area contributed by atoms with Crippen molar-refractivity contribution in [1.82, 2.24) is 5.32 Å². The number of carbonyl (C=O) groups is 1. The van der Waals surface area contributed by atoms with E-state index in [1.807, 2.05) is 18.2 Å². The van der Waals surface area contributed by atoms with Gasteiger partial charge in [-0.15, -0.1) is 0 Å². The lowest BCUT2D eigenvalue weighted by Gasteiger charge is -2.06. The molecule has 0 saturated carbocycles. The molecule has 0 bridgehead atoms. The van der Waals surface area contributed by atoms with Gasteiger partial charge in [0.1, 0.15) is 5.75 Å². The van der Waals surface area contributed by atoms with Crippen LogP contribution in [-0.2, 0) is 11.2 Å². The lowest BCUT2D eigenvalue weighted by atomic mass is 10.1. The normalized spacial score (nSPS) is 10.1. The van der Waals surface area contributed by atoms with Crippen LogP contribution in [0.5, 0.6) is 5.75 Å². The summed E-state index contributed by atoms with van der Waals surface area (Å²) in [5.74, 6) is 0.726. The molecule has 17 heavy (non-hydrogen) atoms. The predicted molar refractivity (Wildman–Crippen MR) is 69.1 cm³/mol. The largest absolute Gasteiger partial charge is 0.496 e. The van der Waals surface area contributed by atoms with Gasteiger partial charge in [-0.1, -0.05) is 6.07 Å². The van der Waals surface area contributed by atoms with Crippen LogP contribution >= 0.6 is 15.9 Å². The van der Waals surface area contributed by atoms with Gasteiger partial charge in [-0.05, 0) is 40.0 Å². The molecular weight excluding hydrogens is 286 g/mol. The van der Waals surface area contributed by atoms with Crippen molar-refractivity contribution in [2.24, 2.45) is 0 Å². The number of amides is 1. The monoisotopic (exact) mass is 301 g/mol. The molecule has 1 aromatic rings. The van der Waals surface area contributed by atoms with Crippen LogP contribution in [-0.4, -0.2) is 31.3 Å². The summed E-state index contributed by atoms with van der Waals surface area (Å²) < 4.78 is 6.01. The number of rotatable bonds is 6. The van der Waals surface area contributed by atoms with Gasteiger partial charge in [-0.2, -0.15) is 0 Å². The fourth-order valence-electron chi connectivity index (χ4n) is 1.41. The van der Waals surface area contributed by atoms with E-state index in [9.17, 15) is 4.79 Å². The highest BCUT2D eigenvalue weighted by atomic mass is 79.9. The number of halogens is 1. The van der Waals surface area contributed by atoms with Gasteiger partial charge in [-0.25, -0.2) is 0 Å². The van der Waals surface area contributed by atoms with Crippen LogP contribution in [0.15, 0.2) is 22.7 Å². The van der Waals surface area contributed by atoms with Crippen molar-refractivity contribution in [2.75, 3.05) is 20.3 Å². The number of hydrogen-bond donors (Lipinski definition) is 2. The minimum atomic E-state index is -0.0500. The molecule has 0 aromatic heterocycles. The maximum Gasteiger partial charge on any atom is 0.220 e. The van der Waals surface area contributed by atoms with E-state index in [4.69, 9.17) is 9.84 Å². The van der Waals surface area contributed by atoms with Gasteiger partial charge in [0.2, 0.25) is 5.91 Å². The van der Waals surface area contributed by atoms with Crippen LogP contribution in [0.3, 0.4) is 0 Å². The molecule has 1 amide bonds. The second-order valence-electron chi connectivity index (χ2n) is 3.54. The summed E-state index contributed by atoms with van der Waals surface area (Å²) in [5, 5.41) is 11.2. The predicted octanol–water partition coefficient (Wildman–Crippen LogP) is 1.50. The number of benzene rings is 1. The maximum absolute atomic E-state index is 11.3. The Morgan fingerprint density at radius 3 is 2.88 bits per heavy atom. The van der Waals surface area contributed by atoms with Crippen molar-refractivity contribution in [3.63, 3.8) is 0 Å². The lowest BCUT2D eigenvalue weighted by Crippen LogP contribution is -2.26. The first-order valence-electron chi connectivity index (χ1n) is 5.37. The van der Waals surface area contributed by atoms with Crippen molar-refractivity contribution in [3.05, 3.63) is 28.2 Å². The molecule has 0 saturated heterocycles. The zero-order chi connectivity index (χ0) is 12.7. The minimum absolute atomic E-state index is 0.0280. The third-order valence-corrected chi connectivity index (χ3v) is 2.91. The van der Waals surface area contributed by atoms with E-state index in [1.165, 1.54) is 0 Å². The average molecular weight is 302 g/mol. The Kier molecular flexibility index (Phi) is 6.00. The number of aliphatic hydroxyl groups excluding tert-OH is 1. The number of carbonyl (C=O) groups excluding carboxylic acids is 1. The molecule has 0 heterocycles. The number of methoxy groups -OCH3 is 1. The van der Waals surface area contributed by atoms with Crippen LogP contribution in [0.25, 0.3) is 0 Å².